The molecule has 2 aliphatic heterocycles. The molecule has 0 amide bonds. The van der Waals surface area contributed by atoms with Gasteiger partial charge in [0.1, 0.15) is 0 Å². The quantitative estimate of drug-likeness (QED) is 0.679. The van der Waals surface area contributed by atoms with E-state index < -0.39 is 0 Å². The van der Waals surface area contributed by atoms with Crippen molar-refractivity contribution in [2.75, 3.05) is 45.8 Å². The molecule has 2 saturated heterocycles. The minimum absolute atomic E-state index is 0.920. The van der Waals surface area contributed by atoms with Crippen LogP contribution < -0.4 is 10.6 Å². The number of nitrogens with one attached hydrogen (secondary N) is 2. The van der Waals surface area contributed by atoms with Gasteiger partial charge in [0.25, 0.3) is 0 Å². The van der Waals surface area contributed by atoms with Crippen molar-refractivity contribution in [3.63, 3.8) is 0 Å². The van der Waals surface area contributed by atoms with Crippen molar-refractivity contribution in [2.24, 2.45) is 5.92 Å². The second-order valence-electron chi connectivity index (χ2n) is 3.91. The smallest absolute Gasteiger partial charge is 0.0107 e. The standard InChI is InChI=1S/C9H19N3.C2H6/c1-2-11-7-9(1)8-12-5-3-10-4-6-12;1-2/h9-11H,1-8H2;1-2H3. The molecule has 2 fully saturated rings. The van der Waals surface area contributed by atoms with E-state index in [9.17, 15) is 0 Å². The first-order valence-corrected chi connectivity index (χ1v) is 6.09. The average Bonchev–Trinajstić information content (AvgIpc) is 2.75. The highest BCUT2D eigenvalue weighted by molar-refractivity contribution is 4.77. The van der Waals surface area contributed by atoms with Crippen molar-refractivity contribution in [3.8, 4) is 0 Å². The third-order valence-corrected chi connectivity index (χ3v) is 2.89. The van der Waals surface area contributed by atoms with Gasteiger partial charge in [0, 0.05) is 32.7 Å². The van der Waals surface area contributed by atoms with E-state index in [1.54, 1.807) is 0 Å². The van der Waals surface area contributed by atoms with Crippen molar-refractivity contribution in [1.29, 1.82) is 0 Å². The second-order valence-corrected chi connectivity index (χ2v) is 3.91. The highest BCUT2D eigenvalue weighted by Gasteiger charge is 2.18. The first-order chi connectivity index (χ1) is 6.95. The molecule has 2 rings (SSSR count). The van der Waals surface area contributed by atoms with Crippen LogP contribution in [0.25, 0.3) is 0 Å². The molecule has 0 aromatic heterocycles. The first-order valence-electron chi connectivity index (χ1n) is 6.09. The van der Waals surface area contributed by atoms with E-state index in [0.717, 1.165) is 5.92 Å². The Kier molecular flexibility index (Phi) is 6.15. The summed E-state index contributed by atoms with van der Waals surface area (Å²) in [6.45, 7) is 12.6. The molecule has 3 nitrogen and oxygen atoms in total. The molecule has 0 radical (unpaired) electrons. The summed E-state index contributed by atoms with van der Waals surface area (Å²) in [5.74, 6) is 0.920. The molecule has 2 aliphatic rings. The van der Waals surface area contributed by atoms with Gasteiger partial charge in [0.15, 0.2) is 0 Å². The lowest BCUT2D eigenvalue weighted by atomic mass is 10.1. The van der Waals surface area contributed by atoms with E-state index in [-0.39, 0.29) is 0 Å². The minimum atomic E-state index is 0.920. The minimum Gasteiger partial charge on any atom is -0.316 e. The average molecular weight is 199 g/mol. The summed E-state index contributed by atoms with van der Waals surface area (Å²) in [6, 6.07) is 0. The maximum Gasteiger partial charge on any atom is 0.0107 e. The molecular weight excluding hydrogens is 174 g/mol. The van der Waals surface area contributed by atoms with Crippen LogP contribution in [0.2, 0.25) is 0 Å². The van der Waals surface area contributed by atoms with E-state index in [1.165, 1.54) is 52.2 Å². The zero-order chi connectivity index (χ0) is 10.2. The van der Waals surface area contributed by atoms with Crippen LogP contribution in [0, 0.1) is 5.92 Å². The molecular formula is C11H25N3. The highest BCUT2D eigenvalue weighted by Crippen LogP contribution is 2.09. The van der Waals surface area contributed by atoms with E-state index in [4.69, 9.17) is 0 Å². The Labute approximate surface area is 88.2 Å². The van der Waals surface area contributed by atoms with Gasteiger partial charge in [-0.1, -0.05) is 13.8 Å². The normalized spacial score (nSPS) is 28.3. The molecule has 14 heavy (non-hydrogen) atoms. The Hall–Kier alpha value is -0.120. The zero-order valence-electron chi connectivity index (χ0n) is 9.68. The Balaban J connectivity index is 0.000000461. The van der Waals surface area contributed by atoms with Gasteiger partial charge in [-0.25, -0.2) is 0 Å². The van der Waals surface area contributed by atoms with Gasteiger partial charge in [-0.2, -0.15) is 0 Å². The summed E-state index contributed by atoms with van der Waals surface area (Å²) in [5.41, 5.74) is 0. The van der Waals surface area contributed by atoms with E-state index >= 15 is 0 Å². The predicted molar refractivity (Wildman–Crippen MR) is 61.6 cm³/mol. The summed E-state index contributed by atoms with van der Waals surface area (Å²) >= 11 is 0. The fraction of sp³-hybridized carbons (Fsp3) is 1.00. The van der Waals surface area contributed by atoms with Gasteiger partial charge < -0.3 is 15.5 Å². The van der Waals surface area contributed by atoms with Gasteiger partial charge in [-0.05, 0) is 25.4 Å². The van der Waals surface area contributed by atoms with Crippen LogP contribution in [0.3, 0.4) is 0 Å². The second kappa shape index (κ2) is 7.21. The van der Waals surface area contributed by atoms with Crippen molar-refractivity contribution in [1.82, 2.24) is 15.5 Å². The molecule has 1 atom stereocenters. The van der Waals surface area contributed by atoms with E-state index in [1.807, 2.05) is 13.8 Å². The van der Waals surface area contributed by atoms with Crippen LogP contribution in [-0.2, 0) is 0 Å². The largest absolute Gasteiger partial charge is 0.316 e. The van der Waals surface area contributed by atoms with Crippen LogP contribution >= 0.6 is 0 Å². The fourth-order valence-corrected chi connectivity index (χ4v) is 2.13. The number of piperazine rings is 1. The Morgan fingerprint density at radius 1 is 1.07 bits per heavy atom. The highest BCUT2D eigenvalue weighted by atomic mass is 15.2. The van der Waals surface area contributed by atoms with Gasteiger partial charge in [0.2, 0.25) is 0 Å². The Morgan fingerprint density at radius 3 is 2.36 bits per heavy atom. The molecule has 84 valence electrons. The van der Waals surface area contributed by atoms with Crippen molar-refractivity contribution in [2.45, 2.75) is 20.3 Å². The molecule has 2 heterocycles. The first kappa shape index (κ1) is 12.0. The predicted octanol–water partition coefficient (Wildman–Crippen LogP) is 0.527. The molecule has 0 aromatic rings. The molecule has 0 spiro atoms. The van der Waals surface area contributed by atoms with Gasteiger partial charge in [-0.3, -0.25) is 0 Å². The lowest BCUT2D eigenvalue weighted by Crippen LogP contribution is -2.45. The molecule has 2 N–H and O–H groups in total. The monoisotopic (exact) mass is 199 g/mol. The summed E-state index contributed by atoms with van der Waals surface area (Å²) in [5, 5.41) is 6.80. The summed E-state index contributed by atoms with van der Waals surface area (Å²) in [7, 11) is 0. The summed E-state index contributed by atoms with van der Waals surface area (Å²) in [6.07, 6.45) is 1.38. The van der Waals surface area contributed by atoms with Gasteiger partial charge in [0.05, 0.1) is 0 Å². The van der Waals surface area contributed by atoms with E-state index in [0.29, 0.717) is 0 Å². The number of hydrogen-bond donors (Lipinski definition) is 2. The van der Waals surface area contributed by atoms with Gasteiger partial charge >= 0.3 is 0 Å². The van der Waals surface area contributed by atoms with Crippen LogP contribution in [0.4, 0.5) is 0 Å². The van der Waals surface area contributed by atoms with Crippen LogP contribution in [-0.4, -0.2) is 50.7 Å². The van der Waals surface area contributed by atoms with Crippen molar-refractivity contribution in [3.05, 3.63) is 0 Å². The maximum absolute atomic E-state index is 3.42. The molecule has 1 unspecified atom stereocenters. The van der Waals surface area contributed by atoms with E-state index in [2.05, 4.69) is 15.5 Å². The molecule has 0 aromatic carbocycles. The van der Waals surface area contributed by atoms with Crippen molar-refractivity contribution < 1.29 is 0 Å². The third-order valence-electron chi connectivity index (χ3n) is 2.89. The lowest BCUT2D eigenvalue weighted by Gasteiger charge is -2.29. The lowest BCUT2D eigenvalue weighted by molar-refractivity contribution is 0.211. The molecule has 0 saturated carbocycles. The third kappa shape index (κ3) is 3.95. The van der Waals surface area contributed by atoms with Crippen LogP contribution in [0.1, 0.15) is 20.3 Å². The Morgan fingerprint density at radius 2 is 1.79 bits per heavy atom. The zero-order valence-corrected chi connectivity index (χ0v) is 9.68. The van der Waals surface area contributed by atoms with Crippen LogP contribution in [0.5, 0.6) is 0 Å². The number of rotatable bonds is 2. The number of nitrogens with zero attached hydrogens (tertiary/aromatic N) is 1. The molecule has 3 heteroatoms. The SMILES string of the molecule is C1CN(CC2CCNC2)CCN1.CC. The van der Waals surface area contributed by atoms with Crippen LogP contribution in [0.15, 0.2) is 0 Å². The molecule has 0 bridgehead atoms. The maximum atomic E-state index is 3.42. The molecule has 0 aliphatic carbocycles. The van der Waals surface area contributed by atoms with Crippen molar-refractivity contribution >= 4 is 0 Å². The van der Waals surface area contributed by atoms with Gasteiger partial charge in [-0.15, -0.1) is 0 Å². The Bertz CT molecular complexity index is 126. The number of hydrogen-bond acceptors (Lipinski definition) is 3. The fourth-order valence-electron chi connectivity index (χ4n) is 2.13. The summed E-state index contributed by atoms with van der Waals surface area (Å²) < 4.78 is 0. The summed E-state index contributed by atoms with van der Waals surface area (Å²) in [4.78, 5) is 2.59. The topological polar surface area (TPSA) is 27.3 Å².